The van der Waals surface area contributed by atoms with Crippen LogP contribution in [0.5, 0.6) is 0 Å². The Bertz CT molecular complexity index is 773. The summed E-state index contributed by atoms with van der Waals surface area (Å²) in [4.78, 5) is 11.1. The van der Waals surface area contributed by atoms with Gasteiger partial charge in [-0.2, -0.15) is 0 Å². The van der Waals surface area contributed by atoms with E-state index in [0.29, 0.717) is 12.5 Å². The highest BCUT2D eigenvalue weighted by atomic mass is 16.5. The SMILES string of the molecule is CCOC(CCNC(=NC)NCc1cc(N(C)C)nc2ccccc12)C(C)C. The third-order valence-corrected chi connectivity index (χ3v) is 4.76. The van der Waals surface area contributed by atoms with Gasteiger partial charge in [0.05, 0.1) is 11.6 Å². The molecule has 154 valence electrons. The third kappa shape index (κ3) is 6.09. The Labute approximate surface area is 169 Å². The minimum Gasteiger partial charge on any atom is -0.378 e. The van der Waals surface area contributed by atoms with Crippen LogP contribution in [-0.2, 0) is 11.3 Å². The molecule has 0 saturated carbocycles. The fraction of sp³-hybridized carbons (Fsp3) is 0.545. The van der Waals surface area contributed by atoms with Crippen LogP contribution < -0.4 is 15.5 Å². The molecular weight excluding hydrogens is 350 g/mol. The summed E-state index contributed by atoms with van der Waals surface area (Å²) in [7, 11) is 5.82. The van der Waals surface area contributed by atoms with Gasteiger partial charge in [0.25, 0.3) is 0 Å². The van der Waals surface area contributed by atoms with Gasteiger partial charge in [-0.15, -0.1) is 0 Å². The summed E-state index contributed by atoms with van der Waals surface area (Å²) < 4.78 is 5.82. The number of aliphatic imine (C=N–C) groups is 1. The van der Waals surface area contributed by atoms with E-state index in [1.807, 2.05) is 32.0 Å². The number of aromatic nitrogens is 1. The molecule has 0 aliphatic heterocycles. The summed E-state index contributed by atoms with van der Waals surface area (Å²) >= 11 is 0. The van der Waals surface area contributed by atoms with Gasteiger partial charge >= 0.3 is 0 Å². The van der Waals surface area contributed by atoms with E-state index in [9.17, 15) is 0 Å². The minimum absolute atomic E-state index is 0.266. The molecule has 0 fully saturated rings. The summed E-state index contributed by atoms with van der Waals surface area (Å²) in [6.45, 7) is 8.70. The van der Waals surface area contributed by atoms with Crippen LogP contribution in [0.15, 0.2) is 35.3 Å². The quantitative estimate of drug-likeness (QED) is 0.512. The summed E-state index contributed by atoms with van der Waals surface area (Å²) in [5.74, 6) is 2.26. The van der Waals surface area contributed by atoms with E-state index < -0.39 is 0 Å². The van der Waals surface area contributed by atoms with Crippen molar-refractivity contribution in [3.63, 3.8) is 0 Å². The van der Waals surface area contributed by atoms with Crippen molar-refractivity contribution < 1.29 is 4.74 Å². The second-order valence-corrected chi connectivity index (χ2v) is 7.43. The number of ether oxygens (including phenoxy) is 1. The van der Waals surface area contributed by atoms with E-state index in [1.54, 1.807) is 7.05 Å². The normalized spacial score (nSPS) is 13.0. The van der Waals surface area contributed by atoms with E-state index in [-0.39, 0.29) is 6.10 Å². The predicted molar refractivity (Wildman–Crippen MR) is 119 cm³/mol. The first-order chi connectivity index (χ1) is 13.5. The molecule has 28 heavy (non-hydrogen) atoms. The molecule has 0 amide bonds. The zero-order valence-electron chi connectivity index (χ0n) is 18.1. The molecule has 0 saturated heterocycles. The second-order valence-electron chi connectivity index (χ2n) is 7.43. The molecule has 0 aliphatic carbocycles. The molecule has 6 nitrogen and oxygen atoms in total. The van der Waals surface area contributed by atoms with Crippen molar-refractivity contribution in [3.05, 3.63) is 35.9 Å². The molecule has 2 rings (SSSR count). The highest BCUT2D eigenvalue weighted by Crippen LogP contribution is 2.22. The van der Waals surface area contributed by atoms with Crippen LogP contribution in [-0.4, -0.2) is 51.3 Å². The lowest BCUT2D eigenvalue weighted by molar-refractivity contribution is 0.0258. The van der Waals surface area contributed by atoms with E-state index in [0.717, 1.165) is 42.3 Å². The van der Waals surface area contributed by atoms with Gasteiger partial charge in [0, 0.05) is 46.2 Å². The van der Waals surface area contributed by atoms with Crippen molar-refractivity contribution in [1.29, 1.82) is 0 Å². The number of fused-ring (bicyclic) bond motifs is 1. The first-order valence-electron chi connectivity index (χ1n) is 10.1. The molecule has 6 heteroatoms. The average Bonchev–Trinajstić information content (AvgIpc) is 2.69. The Morgan fingerprint density at radius 2 is 1.96 bits per heavy atom. The number of nitrogens with one attached hydrogen (secondary N) is 2. The number of para-hydroxylation sites is 1. The molecule has 0 bridgehead atoms. The number of anilines is 1. The van der Waals surface area contributed by atoms with Crippen LogP contribution in [0.3, 0.4) is 0 Å². The van der Waals surface area contributed by atoms with Gasteiger partial charge in [-0.25, -0.2) is 4.98 Å². The first-order valence-corrected chi connectivity index (χ1v) is 10.1. The maximum Gasteiger partial charge on any atom is 0.191 e. The molecule has 0 spiro atoms. The van der Waals surface area contributed by atoms with Crippen molar-refractivity contribution in [3.8, 4) is 0 Å². The predicted octanol–water partition coefficient (Wildman–Crippen LogP) is 3.42. The summed E-state index contributed by atoms with van der Waals surface area (Å²) in [5, 5.41) is 7.99. The molecule has 1 atom stereocenters. The van der Waals surface area contributed by atoms with Gasteiger partial charge in [0.2, 0.25) is 0 Å². The van der Waals surface area contributed by atoms with Gasteiger partial charge in [0.15, 0.2) is 5.96 Å². The Morgan fingerprint density at radius 1 is 1.21 bits per heavy atom. The largest absolute Gasteiger partial charge is 0.378 e. The lowest BCUT2D eigenvalue weighted by Crippen LogP contribution is -2.39. The molecule has 1 unspecified atom stereocenters. The second kappa shape index (κ2) is 10.9. The Hall–Kier alpha value is -2.34. The van der Waals surface area contributed by atoms with Crippen LogP contribution >= 0.6 is 0 Å². The Balaban J connectivity index is 2.01. The van der Waals surface area contributed by atoms with Gasteiger partial charge in [-0.1, -0.05) is 32.0 Å². The third-order valence-electron chi connectivity index (χ3n) is 4.76. The van der Waals surface area contributed by atoms with Crippen LogP contribution in [0.1, 0.15) is 32.8 Å². The van der Waals surface area contributed by atoms with Gasteiger partial charge in [-0.05, 0) is 37.0 Å². The number of guanidine groups is 1. The van der Waals surface area contributed by atoms with Crippen molar-refractivity contribution in [2.45, 2.75) is 39.8 Å². The summed E-state index contributed by atoms with van der Waals surface area (Å²) in [6, 6.07) is 10.4. The first kappa shape index (κ1) is 22.0. The van der Waals surface area contributed by atoms with Crippen LogP contribution in [0, 0.1) is 5.92 Å². The van der Waals surface area contributed by atoms with Gasteiger partial charge < -0.3 is 20.3 Å². The molecule has 0 aliphatic rings. The average molecular weight is 386 g/mol. The van der Waals surface area contributed by atoms with Crippen molar-refractivity contribution in [2.24, 2.45) is 10.9 Å². The number of pyridine rings is 1. The monoisotopic (exact) mass is 385 g/mol. The number of hydrogen-bond donors (Lipinski definition) is 2. The minimum atomic E-state index is 0.266. The van der Waals surface area contributed by atoms with Gasteiger partial charge in [0.1, 0.15) is 5.82 Å². The zero-order valence-corrected chi connectivity index (χ0v) is 18.1. The fourth-order valence-corrected chi connectivity index (χ4v) is 3.16. The fourth-order valence-electron chi connectivity index (χ4n) is 3.16. The number of hydrogen-bond acceptors (Lipinski definition) is 4. The Morgan fingerprint density at radius 3 is 2.61 bits per heavy atom. The Kier molecular flexibility index (Phi) is 8.51. The smallest absolute Gasteiger partial charge is 0.191 e. The molecule has 2 N–H and O–H groups in total. The summed E-state index contributed by atoms with van der Waals surface area (Å²) in [6.07, 6.45) is 1.22. The van der Waals surface area contributed by atoms with E-state index in [2.05, 4.69) is 53.7 Å². The van der Waals surface area contributed by atoms with E-state index in [1.165, 1.54) is 5.56 Å². The van der Waals surface area contributed by atoms with Crippen molar-refractivity contribution in [2.75, 3.05) is 39.2 Å². The molecule has 1 heterocycles. The molecule has 1 aromatic heterocycles. The molecular formula is C22H35N5O. The van der Waals surface area contributed by atoms with Crippen LogP contribution in [0.4, 0.5) is 5.82 Å². The topological polar surface area (TPSA) is 61.8 Å². The maximum atomic E-state index is 5.82. The van der Waals surface area contributed by atoms with Crippen molar-refractivity contribution >= 4 is 22.7 Å². The standard InChI is InChI=1S/C22H35N5O/c1-7-28-20(16(2)3)12-13-24-22(23-4)25-15-17-14-21(27(5)6)26-19-11-9-8-10-18(17)19/h8-11,14,16,20H,7,12-13,15H2,1-6H3,(H2,23,24,25). The zero-order chi connectivity index (χ0) is 20.5. The summed E-state index contributed by atoms with van der Waals surface area (Å²) in [5.41, 5.74) is 2.21. The molecule has 0 radical (unpaired) electrons. The number of nitrogens with zero attached hydrogens (tertiary/aromatic N) is 3. The highest BCUT2D eigenvalue weighted by Gasteiger charge is 2.13. The van der Waals surface area contributed by atoms with Crippen LogP contribution in [0.25, 0.3) is 10.9 Å². The lowest BCUT2D eigenvalue weighted by Gasteiger charge is -2.21. The number of benzene rings is 1. The van der Waals surface area contributed by atoms with Crippen molar-refractivity contribution in [1.82, 2.24) is 15.6 Å². The van der Waals surface area contributed by atoms with Gasteiger partial charge in [-0.3, -0.25) is 4.99 Å². The highest BCUT2D eigenvalue weighted by molar-refractivity contribution is 5.85. The van der Waals surface area contributed by atoms with E-state index in [4.69, 9.17) is 9.72 Å². The number of rotatable bonds is 9. The molecule has 1 aromatic carbocycles. The van der Waals surface area contributed by atoms with Crippen LogP contribution in [0.2, 0.25) is 0 Å². The van der Waals surface area contributed by atoms with E-state index >= 15 is 0 Å². The lowest BCUT2D eigenvalue weighted by atomic mass is 10.0. The molecule has 2 aromatic rings. The maximum absolute atomic E-state index is 5.82.